The van der Waals surface area contributed by atoms with Crippen LogP contribution in [0.15, 0.2) is 200 Å². The predicted molar refractivity (Wildman–Crippen MR) is 227 cm³/mol. The Labute approximate surface area is 314 Å². The van der Waals surface area contributed by atoms with Crippen LogP contribution >= 0.6 is 0 Å². The van der Waals surface area contributed by atoms with E-state index >= 15 is 0 Å². The van der Waals surface area contributed by atoms with E-state index in [1.54, 1.807) is 0 Å². The minimum Gasteiger partial charge on any atom is -0.310 e. The normalized spacial score (nSPS) is 15.1. The van der Waals surface area contributed by atoms with Crippen molar-refractivity contribution in [3.63, 3.8) is 0 Å². The maximum Gasteiger partial charge on any atom is 0.0725 e. The van der Waals surface area contributed by atoms with Gasteiger partial charge >= 0.3 is 0 Å². The average molecular weight is 684 g/mol. The molecule has 0 aliphatic heterocycles. The zero-order valence-corrected chi connectivity index (χ0v) is 29.5. The zero-order chi connectivity index (χ0) is 35.4. The average Bonchev–Trinajstić information content (AvgIpc) is 3.56. The van der Waals surface area contributed by atoms with Gasteiger partial charge in [-0.05, 0) is 113 Å². The highest BCUT2D eigenvalue weighted by molar-refractivity contribution is 6.26. The molecule has 1 heteroatoms. The maximum atomic E-state index is 2.47. The second-order valence-corrected chi connectivity index (χ2v) is 14.7. The van der Waals surface area contributed by atoms with E-state index in [0.717, 1.165) is 11.4 Å². The van der Waals surface area contributed by atoms with Crippen molar-refractivity contribution in [1.82, 2.24) is 0 Å². The van der Waals surface area contributed by atoms with Crippen LogP contribution in [0.5, 0.6) is 0 Å². The number of hydrogen-bond acceptors (Lipinski definition) is 1. The van der Waals surface area contributed by atoms with Gasteiger partial charge in [-0.1, -0.05) is 170 Å². The van der Waals surface area contributed by atoms with Gasteiger partial charge in [0.25, 0.3) is 0 Å². The van der Waals surface area contributed by atoms with E-state index in [9.17, 15) is 0 Å². The van der Waals surface area contributed by atoms with E-state index in [1.807, 2.05) is 0 Å². The van der Waals surface area contributed by atoms with E-state index in [4.69, 9.17) is 0 Å². The molecule has 0 bridgehead atoms. The number of para-hydroxylation sites is 1. The van der Waals surface area contributed by atoms with Gasteiger partial charge in [0, 0.05) is 16.8 Å². The van der Waals surface area contributed by atoms with Crippen molar-refractivity contribution in [2.75, 3.05) is 4.90 Å². The molecule has 0 saturated heterocycles. The summed E-state index contributed by atoms with van der Waals surface area (Å²) in [5.41, 5.74) is 13.7. The summed E-state index contributed by atoms with van der Waals surface area (Å²) >= 11 is 0. The molecule has 0 radical (unpaired) electrons. The van der Waals surface area contributed by atoms with Crippen LogP contribution in [-0.4, -0.2) is 0 Å². The lowest BCUT2D eigenvalue weighted by atomic mass is 9.62. The molecule has 1 unspecified atom stereocenters. The first kappa shape index (κ1) is 29.6. The Morgan fingerprint density at radius 3 is 1.48 bits per heavy atom. The molecule has 12 rings (SSSR count). The van der Waals surface area contributed by atoms with Crippen LogP contribution in [-0.2, 0) is 5.41 Å². The lowest BCUT2D eigenvalue weighted by Gasteiger charge is -2.40. The molecule has 0 N–H and O–H groups in total. The van der Waals surface area contributed by atoms with Crippen LogP contribution < -0.4 is 4.90 Å². The third-order valence-corrected chi connectivity index (χ3v) is 12.2. The molecule has 2 aliphatic rings. The van der Waals surface area contributed by atoms with E-state index < -0.39 is 5.41 Å². The van der Waals surface area contributed by atoms with Crippen LogP contribution in [0.25, 0.3) is 65.3 Å². The number of rotatable bonds is 4. The van der Waals surface area contributed by atoms with Gasteiger partial charge in [0.05, 0.1) is 11.1 Å². The summed E-state index contributed by atoms with van der Waals surface area (Å²) in [5, 5.41) is 10.3. The Balaban J connectivity index is 1.20. The van der Waals surface area contributed by atoms with Gasteiger partial charge in [0.15, 0.2) is 0 Å². The van der Waals surface area contributed by atoms with Crippen molar-refractivity contribution < 1.29 is 0 Å². The molecule has 10 aromatic rings. The Kier molecular flexibility index (Phi) is 6.04. The standard InChI is InChI=1S/C53H33N/c1-3-15-34(16-4-1)53-48-25-13-11-23-42(48)44-31-32-50(46-30-29-45(52(53)51(44)46)43-24-12-14-26-49(43)53)54(35-17-5-2-6-18-35)36-27-28-41-39-21-8-7-19-37(39)38-20-9-10-22-40(38)47(41)33-36/h1-33H. The highest BCUT2D eigenvalue weighted by Gasteiger charge is 2.50. The third kappa shape index (κ3) is 3.78. The van der Waals surface area contributed by atoms with Crippen LogP contribution in [0.2, 0.25) is 0 Å². The fraction of sp³-hybridized carbons (Fsp3) is 0.0189. The molecule has 250 valence electrons. The number of hydrogen-bond donors (Lipinski definition) is 0. The number of fused-ring (bicyclic) bond motifs is 12. The molecule has 1 atom stereocenters. The summed E-state index contributed by atoms with van der Waals surface area (Å²) < 4.78 is 0. The van der Waals surface area contributed by atoms with Crippen molar-refractivity contribution >= 4 is 60.2 Å². The molecular formula is C53H33N. The predicted octanol–water partition coefficient (Wildman–Crippen LogP) is 14.1. The number of nitrogens with zero attached hydrogens (tertiary/aromatic N) is 1. The second kappa shape index (κ2) is 11.0. The summed E-state index contributed by atoms with van der Waals surface area (Å²) in [7, 11) is 0. The van der Waals surface area contributed by atoms with Gasteiger partial charge < -0.3 is 4.90 Å². The first-order valence-corrected chi connectivity index (χ1v) is 18.9. The highest BCUT2D eigenvalue weighted by Crippen LogP contribution is 2.64. The van der Waals surface area contributed by atoms with E-state index in [2.05, 4.69) is 205 Å². The molecule has 0 heterocycles. The van der Waals surface area contributed by atoms with E-state index in [0.29, 0.717) is 0 Å². The molecule has 0 saturated carbocycles. The SMILES string of the molecule is c1ccc(N(c2ccc3c4ccccc4c4ccccc4c3c2)c2ccc3c4c5c(ccc24)-c2ccccc2C5(c2ccccc2)c2ccccc2-3)cc1. The van der Waals surface area contributed by atoms with Crippen LogP contribution in [0.1, 0.15) is 22.3 Å². The molecule has 0 spiro atoms. The molecule has 1 nitrogen and oxygen atoms in total. The molecular weight excluding hydrogens is 651 g/mol. The third-order valence-electron chi connectivity index (χ3n) is 12.2. The zero-order valence-electron chi connectivity index (χ0n) is 29.5. The minimum absolute atomic E-state index is 0.435. The number of anilines is 3. The smallest absolute Gasteiger partial charge is 0.0725 e. The fourth-order valence-corrected chi connectivity index (χ4v) is 10.2. The molecule has 0 aromatic heterocycles. The summed E-state index contributed by atoms with van der Waals surface area (Å²) in [5.74, 6) is 0. The van der Waals surface area contributed by atoms with Gasteiger partial charge in [-0.15, -0.1) is 0 Å². The lowest BCUT2D eigenvalue weighted by molar-refractivity contribution is 0.773. The fourth-order valence-electron chi connectivity index (χ4n) is 10.2. The molecule has 0 fully saturated rings. The molecule has 0 amide bonds. The van der Waals surface area contributed by atoms with E-state index in [1.165, 1.54) is 93.3 Å². The quantitative estimate of drug-likeness (QED) is 0.167. The van der Waals surface area contributed by atoms with Crippen molar-refractivity contribution in [3.05, 3.63) is 222 Å². The van der Waals surface area contributed by atoms with Crippen molar-refractivity contribution in [2.45, 2.75) is 5.41 Å². The molecule has 10 aromatic carbocycles. The Morgan fingerprint density at radius 1 is 0.315 bits per heavy atom. The molecule has 2 aliphatic carbocycles. The Morgan fingerprint density at radius 2 is 0.815 bits per heavy atom. The summed E-state index contributed by atoms with van der Waals surface area (Å²) in [4.78, 5) is 2.47. The van der Waals surface area contributed by atoms with Gasteiger partial charge in [-0.25, -0.2) is 0 Å². The lowest BCUT2D eigenvalue weighted by Crippen LogP contribution is -2.31. The van der Waals surface area contributed by atoms with Crippen LogP contribution in [0, 0.1) is 0 Å². The Bertz CT molecular complexity index is 3120. The summed E-state index contributed by atoms with van der Waals surface area (Å²) in [6.45, 7) is 0. The topological polar surface area (TPSA) is 3.24 Å². The first-order chi connectivity index (χ1) is 26.8. The second-order valence-electron chi connectivity index (χ2n) is 14.7. The van der Waals surface area contributed by atoms with Crippen molar-refractivity contribution in [2.24, 2.45) is 0 Å². The van der Waals surface area contributed by atoms with Crippen LogP contribution in [0.4, 0.5) is 17.1 Å². The Hall–Kier alpha value is -6.96. The summed E-state index contributed by atoms with van der Waals surface area (Å²) in [6, 6.07) is 74.5. The monoisotopic (exact) mass is 683 g/mol. The van der Waals surface area contributed by atoms with Crippen LogP contribution in [0.3, 0.4) is 0 Å². The largest absolute Gasteiger partial charge is 0.310 e. The van der Waals surface area contributed by atoms with Crippen molar-refractivity contribution in [3.8, 4) is 22.3 Å². The van der Waals surface area contributed by atoms with Crippen molar-refractivity contribution in [1.29, 1.82) is 0 Å². The summed E-state index contributed by atoms with van der Waals surface area (Å²) in [6.07, 6.45) is 0. The van der Waals surface area contributed by atoms with E-state index in [-0.39, 0.29) is 0 Å². The maximum absolute atomic E-state index is 2.47. The molecule has 54 heavy (non-hydrogen) atoms. The van der Waals surface area contributed by atoms with Gasteiger partial charge in [-0.2, -0.15) is 0 Å². The minimum atomic E-state index is -0.435. The van der Waals surface area contributed by atoms with Gasteiger partial charge in [-0.3, -0.25) is 0 Å². The highest BCUT2D eigenvalue weighted by atomic mass is 15.1. The number of benzene rings is 10. The first-order valence-electron chi connectivity index (χ1n) is 18.9. The van der Waals surface area contributed by atoms with Gasteiger partial charge in [0.2, 0.25) is 0 Å². The van der Waals surface area contributed by atoms with Gasteiger partial charge in [0.1, 0.15) is 0 Å².